The van der Waals surface area contributed by atoms with Crippen LogP contribution < -0.4 is 76.1 Å². The van der Waals surface area contributed by atoms with Gasteiger partial charge >= 0.3 is 0 Å². The molecule has 0 radical (unpaired) electrons. The molecule has 8 atom stereocenters. The monoisotopic (exact) mass is 1290 g/mol. The Labute approximate surface area is 526 Å². The van der Waals surface area contributed by atoms with Gasteiger partial charge in [-0.15, -0.1) is 0 Å². The van der Waals surface area contributed by atoms with E-state index in [0.717, 1.165) is 13.8 Å². The molecule has 0 fully saturated rings. The van der Waals surface area contributed by atoms with Crippen LogP contribution in [-0.2, 0) is 80.2 Å². The first-order chi connectivity index (χ1) is 42.4. The Morgan fingerprint density at radius 1 is 0.451 bits per heavy atom. The summed E-state index contributed by atoms with van der Waals surface area (Å²) in [6.07, 6.45) is -2.86. The maximum atomic E-state index is 14.2. The number of nitrogens with one attached hydrogen (secondary N) is 12. The second-order valence-electron chi connectivity index (χ2n) is 22.3. The number of hydrogen-bond acceptors (Lipinski definition) is 18. The number of primary amides is 2. The first kappa shape index (κ1) is 77.1. The molecule has 22 N–H and O–H groups in total. The minimum atomic E-state index is -5.48. The molecule has 2 aromatic carbocycles. The van der Waals surface area contributed by atoms with Gasteiger partial charge < -0.3 is 86.3 Å². The highest BCUT2D eigenvalue weighted by atomic mass is 32.2. The van der Waals surface area contributed by atoms with E-state index in [-0.39, 0.29) is 76.0 Å². The molecule has 2 rings (SSSR count). The molecule has 0 saturated carbocycles. The van der Waals surface area contributed by atoms with E-state index in [1.54, 1.807) is 27.7 Å². The van der Waals surface area contributed by atoms with Crippen LogP contribution in [0.5, 0.6) is 11.5 Å². The zero-order valence-electron chi connectivity index (χ0n) is 51.6. The number of ketones is 2. The predicted molar refractivity (Wildman–Crippen MR) is 332 cm³/mol. The second-order valence-corrected chi connectivity index (χ2v) is 24.3. The fraction of sp³-hybridized carbons (Fsp3) is 0.483. The largest absolute Gasteiger partial charge is 0.508 e. The quantitative estimate of drug-likeness (QED) is 0.0135. The number of aromatic hydroxyl groups is 2. The van der Waals surface area contributed by atoms with Crippen molar-refractivity contribution in [3.05, 3.63) is 82.6 Å². The maximum Gasteiger partial charge on any atom is 0.243 e. The summed E-state index contributed by atoms with van der Waals surface area (Å²) in [6.45, 7) is 15.6. The van der Waals surface area contributed by atoms with Gasteiger partial charge in [0.15, 0.2) is 23.5 Å². The van der Waals surface area contributed by atoms with Gasteiger partial charge in [-0.25, -0.2) is 8.42 Å². The van der Waals surface area contributed by atoms with Crippen LogP contribution in [0.2, 0.25) is 0 Å². The third kappa shape index (κ3) is 28.0. The molecule has 500 valence electrons. The number of benzene rings is 2. The van der Waals surface area contributed by atoms with Crippen LogP contribution in [0.15, 0.2) is 71.5 Å². The molecule has 10 amide bonds. The lowest BCUT2D eigenvalue weighted by molar-refractivity contribution is -0.134. The van der Waals surface area contributed by atoms with Crippen molar-refractivity contribution < 1.29 is 76.2 Å². The summed E-state index contributed by atoms with van der Waals surface area (Å²) in [7, 11) is -5.48. The third-order valence-corrected chi connectivity index (χ3v) is 15.0. The Balaban J connectivity index is 2.49. The van der Waals surface area contributed by atoms with E-state index in [9.17, 15) is 76.2 Å². The van der Waals surface area contributed by atoms with Crippen molar-refractivity contribution in [3.63, 3.8) is 0 Å². The molecule has 0 unspecified atom stereocenters. The van der Waals surface area contributed by atoms with E-state index in [0.29, 0.717) is 11.1 Å². The number of carbonyl (C=O) groups is 12. The predicted octanol–water partition coefficient (Wildman–Crippen LogP) is -3.25. The number of nitrogens with two attached hydrogens (primary N) is 4. The Morgan fingerprint density at radius 2 is 0.725 bits per heavy atom. The van der Waals surface area contributed by atoms with Gasteiger partial charge in [-0.3, -0.25) is 68.4 Å². The molecule has 32 nitrogen and oxygen atoms in total. The Morgan fingerprint density at radius 3 is 1.00 bits per heavy atom. The van der Waals surface area contributed by atoms with Crippen molar-refractivity contribution in [1.29, 1.82) is 10.8 Å². The molecule has 0 saturated heterocycles. The fourth-order valence-electron chi connectivity index (χ4n) is 8.90. The Hall–Kier alpha value is -9.95. The first-order valence-corrected chi connectivity index (χ1v) is 30.3. The van der Waals surface area contributed by atoms with Crippen molar-refractivity contribution in [2.45, 2.75) is 154 Å². The van der Waals surface area contributed by atoms with Crippen LogP contribution in [0.25, 0.3) is 0 Å². The molecule has 0 spiro atoms. The summed E-state index contributed by atoms with van der Waals surface area (Å²) in [5.41, 5.74) is 22.8. The molecule has 0 aliphatic carbocycles. The van der Waals surface area contributed by atoms with Gasteiger partial charge in [-0.2, -0.15) is 0 Å². The highest BCUT2D eigenvalue weighted by Gasteiger charge is 2.40. The molecule has 0 heterocycles. The van der Waals surface area contributed by atoms with E-state index >= 15 is 0 Å². The van der Waals surface area contributed by atoms with E-state index in [2.05, 4.69) is 66.3 Å². The van der Waals surface area contributed by atoms with E-state index in [4.69, 9.17) is 33.8 Å². The van der Waals surface area contributed by atoms with Crippen molar-refractivity contribution in [3.8, 4) is 11.5 Å². The minimum Gasteiger partial charge on any atom is -0.508 e. The molecule has 0 aliphatic rings. The van der Waals surface area contributed by atoms with E-state index in [1.165, 1.54) is 48.5 Å². The first-order valence-electron chi connectivity index (χ1n) is 28.8. The van der Waals surface area contributed by atoms with Crippen LogP contribution in [0.4, 0.5) is 0 Å². The number of guanidine groups is 2. The summed E-state index contributed by atoms with van der Waals surface area (Å²) < 4.78 is 28.4. The molecule has 0 bridgehead atoms. The Kier molecular flexibility index (Phi) is 31.5. The van der Waals surface area contributed by atoms with Crippen molar-refractivity contribution >= 4 is 92.4 Å². The number of Topliss-reactive ketones (excluding diaryl/α,β-unsaturated/α-hetero) is 2. The van der Waals surface area contributed by atoms with Crippen LogP contribution >= 0.6 is 0 Å². The fourth-order valence-corrected chi connectivity index (χ4v) is 10.0. The smallest absolute Gasteiger partial charge is 0.243 e. The van der Waals surface area contributed by atoms with Gasteiger partial charge in [-0.1, -0.05) is 65.1 Å². The average molecular weight is 1300 g/mol. The number of rotatable bonds is 40. The lowest BCUT2D eigenvalue weighted by atomic mass is 10.00. The SMILES string of the molecule is C=C(C(=O)[C@H](CC(N)=O)NC(=O)[C@H](CC(C)C)NC(=O)[C@H](CCCNC(=N)N)NC(=O)[C@H](Cc1ccc(O)cc1)NC(C)=O)S(=O)(=O)C(=C)C(=O)[C@H](CC(N)=O)NC(=O)[C@H](CC(C)C)NC(=O)[C@H](CCCNC(=N)N)NC(=O)[C@H](Cc1ccc(O)cc1)NC(C)=O. The summed E-state index contributed by atoms with van der Waals surface area (Å²) in [5.74, 6) is -14.7. The standard InChI is InChI=1S/C58H86N16O16S/c1-29(2)23-43(73-51(83)39(11-9-21-65-57(61)62)69-55(87)45(67-33(7)75)25-35-13-17-37(77)18-14-35)53(85)71-41(27-47(59)79)49(81)31(5)91(89,90)32(6)50(82)42(28-48(60)80)72-54(86)44(24-30(3)4)74-52(84)40(12-10-22-66-58(63)64)70-56(88)46(68-34(8)76)26-36-15-19-38(78)20-16-36/h13-20,29-30,39-46,77-78H,5-6,9-12,21-28H2,1-4,7-8H3,(H2,59,79)(H2,60,80)(H,67,75)(H,68,76)(H,69,87)(H,70,88)(H,71,85)(H,72,86)(H,73,83)(H,74,84)(H4,61,62,65)(H4,63,64,66)/t39-,40-,41-,42-,43-,44-,45-,46-/m0/s1. The summed E-state index contributed by atoms with van der Waals surface area (Å²) in [6, 6.07) is -1.50. The highest BCUT2D eigenvalue weighted by molar-refractivity contribution is 8.00. The number of phenols is 2. The highest BCUT2D eigenvalue weighted by Crippen LogP contribution is 2.22. The second kappa shape index (κ2) is 37.1. The third-order valence-electron chi connectivity index (χ3n) is 13.3. The summed E-state index contributed by atoms with van der Waals surface area (Å²) in [4.78, 5) is 159. The zero-order chi connectivity index (χ0) is 69.0. The molecule has 0 aliphatic heterocycles. The molecule has 2 aromatic rings. The number of hydrogen-bond donors (Lipinski definition) is 18. The molecular formula is C58H86N16O16S. The average Bonchev–Trinajstić information content (AvgIpc) is 0.854. The van der Waals surface area contributed by atoms with Crippen LogP contribution in [0.1, 0.15) is 104 Å². The van der Waals surface area contributed by atoms with Crippen molar-refractivity contribution in [2.24, 2.45) is 34.8 Å². The van der Waals surface area contributed by atoms with Gasteiger partial charge in [0.05, 0.1) is 12.8 Å². The Bertz CT molecular complexity index is 2940. The number of carbonyl (C=O) groups excluding carboxylic acids is 12. The van der Waals surface area contributed by atoms with Gasteiger partial charge in [0.25, 0.3) is 0 Å². The van der Waals surface area contributed by atoms with Gasteiger partial charge in [0, 0.05) is 39.8 Å². The van der Waals surface area contributed by atoms with Crippen LogP contribution in [0, 0.1) is 22.7 Å². The molecule has 0 aromatic heterocycles. The summed E-state index contributed by atoms with van der Waals surface area (Å²) >= 11 is 0. The molecule has 91 heavy (non-hydrogen) atoms. The van der Waals surface area contributed by atoms with Gasteiger partial charge in [0.1, 0.15) is 69.6 Å². The van der Waals surface area contributed by atoms with Crippen molar-refractivity contribution in [2.75, 3.05) is 13.1 Å². The van der Waals surface area contributed by atoms with Gasteiger partial charge in [0.2, 0.25) is 68.9 Å². The number of amides is 10. The van der Waals surface area contributed by atoms with Gasteiger partial charge in [-0.05, 0) is 85.8 Å². The number of phenolic OH excluding ortho intramolecular Hbond substituents is 2. The van der Waals surface area contributed by atoms with Crippen LogP contribution in [0.3, 0.4) is 0 Å². The summed E-state index contributed by atoms with van der Waals surface area (Å²) in [5, 5.41) is 59.2. The maximum absolute atomic E-state index is 14.2. The number of sulfone groups is 1. The topological polar surface area (TPSA) is 552 Å². The lowest BCUT2D eigenvalue weighted by Crippen LogP contribution is -2.58. The molecule has 33 heteroatoms. The zero-order valence-corrected chi connectivity index (χ0v) is 52.4. The lowest BCUT2D eigenvalue weighted by Gasteiger charge is -2.27. The molecular weight excluding hydrogens is 1210 g/mol. The van der Waals surface area contributed by atoms with Crippen LogP contribution in [-0.4, -0.2) is 163 Å². The van der Waals surface area contributed by atoms with E-state index < -0.39 is 175 Å². The van der Waals surface area contributed by atoms with Crippen molar-refractivity contribution in [1.82, 2.24) is 53.2 Å². The minimum absolute atomic E-state index is 0.0408. The normalized spacial score (nSPS) is 13.7. The van der Waals surface area contributed by atoms with E-state index in [1.807, 2.05) is 0 Å².